The van der Waals surface area contributed by atoms with Crippen LogP contribution in [0.15, 0.2) is 35.2 Å². The summed E-state index contributed by atoms with van der Waals surface area (Å²) >= 11 is 12.6. The van der Waals surface area contributed by atoms with E-state index in [1.807, 2.05) is 39.6 Å². The number of benzene rings is 2. The Morgan fingerprint density at radius 1 is 1.13 bits per heavy atom. The first-order valence-electron chi connectivity index (χ1n) is 12.6. The number of ether oxygens (including phenoxy) is 1. The zero-order valence-corrected chi connectivity index (χ0v) is 25.6. The van der Waals surface area contributed by atoms with E-state index in [0.29, 0.717) is 35.1 Å². The van der Waals surface area contributed by atoms with Crippen LogP contribution in [0.4, 0.5) is 10.5 Å². The molecule has 2 aromatic carbocycles. The van der Waals surface area contributed by atoms with Gasteiger partial charge in [-0.2, -0.15) is 0 Å². The van der Waals surface area contributed by atoms with Crippen LogP contribution in [0.1, 0.15) is 62.5 Å². The molecule has 2 aromatic rings. The SMILES string of the molecule is CCS(=O)(=O)c1ccc(Cl)cc1CNC(=O)c1cc(Cl)c(CN(C)CC[C@H](C)NC(=O)OC(C)(C)C)cc1N. The van der Waals surface area contributed by atoms with Crippen molar-refractivity contribution in [3.8, 4) is 0 Å². The second-order valence-electron chi connectivity index (χ2n) is 10.4. The fourth-order valence-electron chi connectivity index (χ4n) is 3.74. The van der Waals surface area contributed by atoms with Crippen molar-refractivity contribution in [2.75, 3.05) is 25.1 Å². The number of hydrogen-bond donors (Lipinski definition) is 3. The summed E-state index contributed by atoms with van der Waals surface area (Å²) in [5, 5.41) is 6.27. The summed E-state index contributed by atoms with van der Waals surface area (Å²) < 4.78 is 30.1. The largest absolute Gasteiger partial charge is 0.444 e. The van der Waals surface area contributed by atoms with Crippen molar-refractivity contribution >= 4 is 50.7 Å². The molecule has 0 heterocycles. The van der Waals surface area contributed by atoms with Gasteiger partial charge < -0.3 is 26.0 Å². The minimum absolute atomic E-state index is 0.0506. The number of sulfone groups is 1. The van der Waals surface area contributed by atoms with Crippen LogP contribution in [-0.2, 0) is 27.7 Å². The summed E-state index contributed by atoms with van der Waals surface area (Å²) in [5.74, 6) is -0.566. The van der Waals surface area contributed by atoms with Crippen LogP contribution < -0.4 is 16.4 Å². The highest BCUT2D eigenvalue weighted by atomic mass is 35.5. The first-order valence-corrected chi connectivity index (χ1v) is 15.0. The van der Waals surface area contributed by atoms with E-state index in [1.54, 1.807) is 13.0 Å². The second kappa shape index (κ2) is 13.7. The van der Waals surface area contributed by atoms with Gasteiger partial charge in [-0.15, -0.1) is 0 Å². The molecule has 2 amide bonds. The van der Waals surface area contributed by atoms with Crippen LogP contribution in [0.5, 0.6) is 0 Å². The molecule has 0 spiro atoms. The summed E-state index contributed by atoms with van der Waals surface area (Å²) in [7, 11) is -1.58. The van der Waals surface area contributed by atoms with Gasteiger partial charge in [0.2, 0.25) is 0 Å². The fourth-order valence-corrected chi connectivity index (χ4v) is 5.27. The fraction of sp³-hybridized carbons (Fsp3) is 0.481. The van der Waals surface area contributed by atoms with E-state index >= 15 is 0 Å². The van der Waals surface area contributed by atoms with Gasteiger partial charge in [0.05, 0.1) is 16.2 Å². The third-order valence-corrected chi connectivity index (χ3v) is 8.20. The van der Waals surface area contributed by atoms with Crippen LogP contribution in [0.2, 0.25) is 10.0 Å². The number of hydrogen-bond acceptors (Lipinski definition) is 7. The lowest BCUT2D eigenvalue weighted by Gasteiger charge is -2.23. The zero-order chi connectivity index (χ0) is 29.5. The molecule has 0 aliphatic carbocycles. The predicted octanol–water partition coefficient (Wildman–Crippen LogP) is 5.03. The molecule has 216 valence electrons. The second-order valence-corrected chi connectivity index (χ2v) is 13.5. The molecule has 0 aliphatic heterocycles. The van der Waals surface area contributed by atoms with Gasteiger partial charge in [0.1, 0.15) is 5.60 Å². The summed E-state index contributed by atoms with van der Waals surface area (Å²) in [4.78, 5) is 27.0. The van der Waals surface area contributed by atoms with E-state index in [1.165, 1.54) is 24.3 Å². The number of halogens is 2. The smallest absolute Gasteiger partial charge is 0.407 e. The lowest BCUT2D eigenvalue weighted by molar-refractivity contribution is 0.0503. The van der Waals surface area contributed by atoms with Crippen molar-refractivity contribution in [2.45, 2.75) is 70.7 Å². The standard InChI is InChI=1S/C27H38Cl2N4O5S/c1-7-39(36,37)24-9-8-20(28)12-18(24)15-31-25(34)21-14-22(29)19(13-23(21)30)16-33(6)11-10-17(2)32-26(35)38-27(3,4)5/h8-9,12-14,17H,7,10-11,15-16,30H2,1-6H3,(H,31,34)(H,32,35)/t17-/m0/s1. The number of nitrogens with one attached hydrogen (secondary N) is 2. The Morgan fingerprint density at radius 3 is 2.41 bits per heavy atom. The van der Waals surface area contributed by atoms with Gasteiger partial charge in [0.25, 0.3) is 5.91 Å². The average molecular weight is 602 g/mol. The Bertz CT molecular complexity index is 1300. The molecule has 0 aromatic heterocycles. The zero-order valence-electron chi connectivity index (χ0n) is 23.2. The van der Waals surface area contributed by atoms with Gasteiger partial charge in [-0.1, -0.05) is 30.1 Å². The van der Waals surface area contributed by atoms with Crippen molar-refractivity contribution in [2.24, 2.45) is 0 Å². The molecule has 0 radical (unpaired) electrons. The van der Waals surface area contributed by atoms with E-state index < -0.39 is 27.4 Å². The van der Waals surface area contributed by atoms with Crippen LogP contribution in [0.25, 0.3) is 0 Å². The molecular formula is C27H38Cl2N4O5S. The lowest BCUT2D eigenvalue weighted by Crippen LogP contribution is -2.39. The Kier molecular flexibility index (Phi) is 11.5. The molecule has 0 fully saturated rings. The number of amides is 2. The molecule has 0 bridgehead atoms. The van der Waals surface area contributed by atoms with E-state index in [0.717, 1.165) is 5.56 Å². The number of nitrogen functional groups attached to an aromatic ring is 1. The monoisotopic (exact) mass is 600 g/mol. The normalized spacial score (nSPS) is 12.7. The predicted molar refractivity (Wildman–Crippen MR) is 156 cm³/mol. The van der Waals surface area contributed by atoms with Crippen molar-refractivity contribution in [1.82, 2.24) is 15.5 Å². The third kappa shape index (κ3) is 10.2. The molecule has 0 saturated carbocycles. The maximum atomic E-state index is 12.9. The number of nitrogens with zero attached hydrogens (tertiary/aromatic N) is 1. The van der Waals surface area contributed by atoms with Crippen LogP contribution >= 0.6 is 23.2 Å². The topological polar surface area (TPSA) is 131 Å². The van der Waals surface area contributed by atoms with Crippen LogP contribution in [-0.4, -0.2) is 56.3 Å². The van der Waals surface area contributed by atoms with Crippen molar-refractivity contribution in [3.63, 3.8) is 0 Å². The van der Waals surface area contributed by atoms with Gasteiger partial charge in [-0.25, -0.2) is 13.2 Å². The average Bonchev–Trinajstić information content (AvgIpc) is 2.82. The molecule has 39 heavy (non-hydrogen) atoms. The Labute approximate surface area is 241 Å². The number of rotatable bonds is 11. The molecule has 0 unspecified atom stereocenters. The van der Waals surface area contributed by atoms with Gasteiger partial charge in [-0.05, 0) is 82.6 Å². The first-order chi connectivity index (χ1) is 18.0. The molecular weight excluding hydrogens is 563 g/mol. The maximum absolute atomic E-state index is 12.9. The van der Waals surface area contributed by atoms with Crippen molar-refractivity contribution in [3.05, 3.63) is 57.1 Å². The molecule has 9 nitrogen and oxygen atoms in total. The maximum Gasteiger partial charge on any atom is 0.407 e. The number of anilines is 1. The van der Waals surface area contributed by atoms with Crippen molar-refractivity contribution < 1.29 is 22.7 Å². The lowest BCUT2D eigenvalue weighted by atomic mass is 10.1. The van der Waals surface area contributed by atoms with Gasteiger partial charge >= 0.3 is 6.09 Å². The van der Waals surface area contributed by atoms with Crippen LogP contribution in [0.3, 0.4) is 0 Å². The molecule has 4 N–H and O–H groups in total. The third-order valence-electron chi connectivity index (χ3n) is 5.79. The molecule has 12 heteroatoms. The first kappa shape index (κ1) is 32.7. The van der Waals surface area contributed by atoms with Gasteiger partial charge in [0.15, 0.2) is 9.84 Å². The van der Waals surface area contributed by atoms with E-state index in [2.05, 4.69) is 10.6 Å². The summed E-state index contributed by atoms with van der Waals surface area (Å²) in [6.45, 7) is 9.98. The minimum Gasteiger partial charge on any atom is -0.444 e. The number of carbonyl (C=O) groups excluding carboxylic acids is 2. The Morgan fingerprint density at radius 2 is 1.79 bits per heavy atom. The number of nitrogens with two attached hydrogens (primary N) is 1. The van der Waals surface area contributed by atoms with Crippen molar-refractivity contribution in [1.29, 1.82) is 0 Å². The van der Waals surface area contributed by atoms with Gasteiger partial charge in [-0.3, -0.25) is 4.79 Å². The summed E-state index contributed by atoms with van der Waals surface area (Å²) in [5.41, 5.74) is 7.19. The summed E-state index contributed by atoms with van der Waals surface area (Å²) in [6.07, 6.45) is 0.226. The highest BCUT2D eigenvalue weighted by Gasteiger charge is 2.20. The van der Waals surface area contributed by atoms with E-state index in [9.17, 15) is 18.0 Å². The van der Waals surface area contributed by atoms with Gasteiger partial charge in [0, 0.05) is 41.4 Å². The number of alkyl carbamates (subject to hydrolysis) is 1. The quantitative estimate of drug-likeness (QED) is 0.308. The molecule has 0 saturated heterocycles. The van der Waals surface area contributed by atoms with E-state index in [-0.39, 0.29) is 34.5 Å². The minimum atomic E-state index is -3.50. The van der Waals surface area contributed by atoms with E-state index in [4.69, 9.17) is 33.7 Å². The Hall–Kier alpha value is -2.53. The summed E-state index contributed by atoms with van der Waals surface area (Å²) in [6, 6.07) is 7.52. The highest BCUT2D eigenvalue weighted by molar-refractivity contribution is 7.91. The Balaban J connectivity index is 2.02. The molecule has 1 atom stereocenters. The van der Waals surface area contributed by atoms with Crippen LogP contribution in [0, 0.1) is 0 Å². The highest BCUT2D eigenvalue weighted by Crippen LogP contribution is 2.26. The molecule has 2 rings (SSSR count). The molecule has 0 aliphatic rings. The number of carbonyl (C=O) groups is 2.